The molecule has 0 aliphatic heterocycles. The van der Waals surface area contributed by atoms with Gasteiger partial charge in [0.25, 0.3) is 0 Å². The highest BCUT2D eigenvalue weighted by Gasteiger charge is 2.00. The SMILES string of the molecule is CC(C)CNCCCNCc1cc(Br)ccc1I. The van der Waals surface area contributed by atoms with Gasteiger partial charge in [-0.3, -0.25) is 0 Å². The van der Waals surface area contributed by atoms with Gasteiger partial charge in [-0.2, -0.15) is 0 Å². The Balaban J connectivity index is 2.12. The Morgan fingerprint density at radius 3 is 2.67 bits per heavy atom. The van der Waals surface area contributed by atoms with Crippen LogP contribution in [0.15, 0.2) is 22.7 Å². The van der Waals surface area contributed by atoms with Gasteiger partial charge in [-0.15, -0.1) is 0 Å². The summed E-state index contributed by atoms with van der Waals surface area (Å²) in [6.45, 7) is 8.70. The number of rotatable bonds is 8. The molecule has 4 heteroatoms. The average molecular weight is 425 g/mol. The summed E-state index contributed by atoms with van der Waals surface area (Å²) in [5.74, 6) is 0.737. The van der Waals surface area contributed by atoms with E-state index in [0.717, 1.165) is 36.6 Å². The Bertz CT molecular complexity index is 356. The topological polar surface area (TPSA) is 24.1 Å². The van der Waals surface area contributed by atoms with E-state index in [4.69, 9.17) is 0 Å². The second-order valence-electron chi connectivity index (χ2n) is 4.86. The maximum atomic E-state index is 3.51. The van der Waals surface area contributed by atoms with Crippen molar-refractivity contribution < 1.29 is 0 Å². The first-order valence-corrected chi connectivity index (χ1v) is 8.32. The fraction of sp³-hybridized carbons (Fsp3) is 0.571. The number of hydrogen-bond donors (Lipinski definition) is 2. The molecule has 2 N–H and O–H groups in total. The lowest BCUT2D eigenvalue weighted by Crippen LogP contribution is -2.24. The predicted octanol–water partition coefficient (Wildman–Crippen LogP) is 3.78. The molecule has 0 bridgehead atoms. The highest BCUT2D eigenvalue weighted by molar-refractivity contribution is 14.1. The molecule has 0 spiro atoms. The normalized spacial score (nSPS) is 11.2. The van der Waals surface area contributed by atoms with Gasteiger partial charge in [0.1, 0.15) is 0 Å². The Morgan fingerprint density at radius 1 is 1.22 bits per heavy atom. The first-order valence-electron chi connectivity index (χ1n) is 6.45. The average Bonchev–Trinajstić information content (AvgIpc) is 2.32. The van der Waals surface area contributed by atoms with Crippen LogP contribution in [0.25, 0.3) is 0 Å². The van der Waals surface area contributed by atoms with Gasteiger partial charge < -0.3 is 10.6 Å². The zero-order valence-electron chi connectivity index (χ0n) is 11.1. The van der Waals surface area contributed by atoms with Crippen LogP contribution in [0.3, 0.4) is 0 Å². The van der Waals surface area contributed by atoms with Crippen molar-refractivity contribution in [3.8, 4) is 0 Å². The van der Waals surface area contributed by atoms with Crippen molar-refractivity contribution in [2.24, 2.45) is 5.92 Å². The molecule has 0 aliphatic rings. The molecule has 1 aromatic rings. The fourth-order valence-corrected chi connectivity index (χ4v) is 2.57. The zero-order chi connectivity index (χ0) is 13.4. The van der Waals surface area contributed by atoms with Crippen LogP contribution in [0.1, 0.15) is 25.8 Å². The first kappa shape index (κ1) is 16.4. The fourth-order valence-electron chi connectivity index (χ4n) is 1.63. The maximum Gasteiger partial charge on any atom is 0.0216 e. The molecular formula is C14H22BrIN2. The van der Waals surface area contributed by atoms with Crippen molar-refractivity contribution in [3.63, 3.8) is 0 Å². The van der Waals surface area contributed by atoms with Crippen LogP contribution in [0.2, 0.25) is 0 Å². The van der Waals surface area contributed by atoms with Crippen LogP contribution in [0.5, 0.6) is 0 Å². The Morgan fingerprint density at radius 2 is 1.94 bits per heavy atom. The Labute approximate surface area is 133 Å². The van der Waals surface area contributed by atoms with Gasteiger partial charge >= 0.3 is 0 Å². The second-order valence-corrected chi connectivity index (χ2v) is 6.94. The van der Waals surface area contributed by atoms with Gasteiger partial charge in [0.15, 0.2) is 0 Å². The summed E-state index contributed by atoms with van der Waals surface area (Å²) in [6, 6.07) is 6.42. The first-order chi connectivity index (χ1) is 8.59. The molecule has 0 atom stereocenters. The van der Waals surface area contributed by atoms with Gasteiger partial charge in [-0.25, -0.2) is 0 Å². The minimum absolute atomic E-state index is 0.737. The summed E-state index contributed by atoms with van der Waals surface area (Å²) >= 11 is 5.90. The molecule has 0 radical (unpaired) electrons. The van der Waals surface area contributed by atoms with Crippen LogP contribution in [-0.4, -0.2) is 19.6 Å². The molecular weight excluding hydrogens is 403 g/mol. The molecule has 0 amide bonds. The van der Waals surface area contributed by atoms with E-state index < -0.39 is 0 Å². The van der Waals surface area contributed by atoms with Gasteiger partial charge in [-0.05, 0) is 78.3 Å². The summed E-state index contributed by atoms with van der Waals surface area (Å²) in [5, 5.41) is 6.95. The van der Waals surface area contributed by atoms with E-state index in [2.05, 4.69) is 81.2 Å². The molecule has 0 aromatic heterocycles. The summed E-state index contributed by atoms with van der Waals surface area (Å²) in [5.41, 5.74) is 1.36. The monoisotopic (exact) mass is 424 g/mol. The third-order valence-corrected chi connectivity index (χ3v) is 4.13. The van der Waals surface area contributed by atoms with E-state index in [1.54, 1.807) is 0 Å². The van der Waals surface area contributed by atoms with E-state index >= 15 is 0 Å². The van der Waals surface area contributed by atoms with Crippen molar-refractivity contribution in [1.29, 1.82) is 0 Å². The van der Waals surface area contributed by atoms with Crippen LogP contribution >= 0.6 is 38.5 Å². The standard InChI is InChI=1S/C14H22BrIN2/c1-11(2)9-17-6-3-7-18-10-12-8-13(15)4-5-14(12)16/h4-5,8,11,17-18H,3,6-7,9-10H2,1-2H3. The summed E-state index contributed by atoms with van der Waals surface area (Å²) in [4.78, 5) is 0. The van der Waals surface area contributed by atoms with E-state index in [9.17, 15) is 0 Å². The number of hydrogen-bond acceptors (Lipinski definition) is 2. The Hall–Kier alpha value is 0.350. The summed E-state index contributed by atoms with van der Waals surface area (Å²) in [7, 11) is 0. The van der Waals surface area contributed by atoms with Crippen molar-refractivity contribution in [1.82, 2.24) is 10.6 Å². The molecule has 0 saturated carbocycles. The largest absolute Gasteiger partial charge is 0.316 e. The second kappa shape index (κ2) is 9.28. The molecule has 0 aliphatic carbocycles. The zero-order valence-corrected chi connectivity index (χ0v) is 14.8. The highest BCUT2D eigenvalue weighted by atomic mass is 127. The minimum atomic E-state index is 0.737. The molecule has 0 heterocycles. The molecule has 18 heavy (non-hydrogen) atoms. The quantitative estimate of drug-likeness (QED) is 0.490. The molecule has 1 aromatic carbocycles. The molecule has 0 saturated heterocycles. The minimum Gasteiger partial charge on any atom is -0.316 e. The maximum absolute atomic E-state index is 3.51. The Kier molecular flexibility index (Phi) is 8.46. The van der Waals surface area contributed by atoms with Gasteiger partial charge in [0.05, 0.1) is 0 Å². The highest BCUT2D eigenvalue weighted by Crippen LogP contribution is 2.18. The van der Waals surface area contributed by atoms with Crippen LogP contribution in [0, 0.1) is 9.49 Å². The predicted molar refractivity (Wildman–Crippen MR) is 90.9 cm³/mol. The third kappa shape index (κ3) is 7.07. The van der Waals surface area contributed by atoms with E-state index in [1.165, 1.54) is 15.6 Å². The van der Waals surface area contributed by atoms with Gasteiger partial charge in [0.2, 0.25) is 0 Å². The molecule has 0 fully saturated rings. The van der Waals surface area contributed by atoms with Crippen molar-refractivity contribution >= 4 is 38.5 Å². The smallest absolute Gasteiger partial charge is 0.0216 e. The molecule has 0 unspecified atom stereocenters. The number of benzene rings is 1. The lowest BCUT2D eigenvalue weighted by Gasteiger charge is -2.09. The van der Waals surface area contributed by atoms with Crippen LogP contribution in [0.4, 0.5) is 0 Å². The van der Waals surface area contributed by atoms with Crippen molar-refractivity contribution in [2.45, 2.75) is 26.8 Å². The van der Waals surface area contributed by atoms with Crippen LogP contribution < -0.4 is 10.6 Å². The summed E-state index contributed by atoms with van der Waals surface area (Å²) in [6.07, 6.45) is 1.18. The lowest BCUT2D eigenvalue weighted by molar-refractivity contribution is 0.530. The summed E-state index contributed by atoms with van der Waals surface area (Å²) < 4.78 is 2.47. The molecule has 1 rings (SSSR count). The van der Waals surface area contributed by atoms with Crippen molar-refractivity contribution in [2.75, 3.05) is 19.6 Å². The molecule has 102 valence electrons. The lowest BCUT2D eigenvalue weighted by atomic mass is 10.2. The van der Waals surface area contributed by atoms with E-state index in [-0.39, 0.29) is 0 Å². The van der Waals surface area contributed by atoms with E-state index in [0.29, 0.717) is 0 Å². The van der Waals surface area contributed by atoms with Crippen molar-refractivity contribution in [3.05, 3.63) is 31.8 Å². The van der Waals surface area contributed by atoms with E-state index in [1.807, 2.05) is 0 Å². The number of nitrogens with one attached hydrogen (secondary N) is 2. The number of halogens is 2. The van der Waals surface area contributed by atoms with Crippen LogP contribution in [-0.2, 0) is 6.54 Å². The van der Waals surface area contributed by atoms with Gasteiger partial charge in [-0.1, -0.05) is 29.8 Å². The molecule has 2 nitrogen and oxygen atoms in total. The third-order valence-electron chi connectivity index (χ3n) is 2.58. The van der Waals surface area contributed by atoms with Gasteiger partial charge in [0, 0.05) is 14.6 Å².